The molecule has 4 aromatic carbocycles. The van der Waals surface area contributed by atoms with Gasteiger partial charge in [0.1, 0.15) is 4.90 Å². The van der Waals surface area contributed by atoms with Gasteiger partial charge in [0.05, 0.1) is 28.1 Å². The number of nitrogens with zero attached hydrogens (tertiary/aromatic N) is 2. The third-order valence-corrected chi connectivity index (χ3v) is 6.44. The number of nitrogens with one attached hydrogen (secondary N) is 2. The third kappa shape index (κ3) is 5.25. The van der Waals surface area contributed by atoms with Crippen LogP contribution in [0.5, 0.6) is 0 Å². The smallest absolute Gasteiger partial charge is 0.337 e. The summed E-state index contributed by atoms with van der Waals surface area (Å²) in [5.41, 5.74) is 2.42. The van der Waals surface area contributed by atoms with Crippen LogP contribution in [0.1, 0.15) is 15.9 Å². The first-order chi connectivity index (χ1) is 16.7. The Morgan fingerprint density at radius 1 is 0.914 bits per heavy atom. The van der Waals surface area contributed by atoms with Crippen LogP contribution in [0.2, 0.25) is 0 Å². The molecule has 4 aromatic rings. The highest BCUT2D eigenvalue weighted by Crippen LogP contribution is 2.29. The fourth-order valence-corrected chi connectivity index (χ4v) is 4.62. The lowest BCUT2D eigenvalue weighted by Crippen LogP contribution is -2.17. The fraction of sp³-hybridized carbons (Fsp3) is 0. The molecule has 0 aliphatic heterocycles. The van der Waals surface area contributed by atoms with Crippen LogP contribution in [0.15, 0.2) is 94.9 Å². The predicted octanol–water partition coefficient (Wildman–Crippen LogP) is 4.69. The summed E-state index contributed by atoms with van der Waals surface area (Å²) in [4.78, 5) is 21.5. The molecule has 0 unspecified atom stereocenters. The van der Waals surface area contributed by atoms with Gasteiger partial charge in [-0.1, -0.05) is 48.5 Å². The largest absolute Gasteiger partial charge is 0.478 e. The maximum Gasteiger partial charge on any atom is 0.337 e. The second kappa shape index (κ2) is 9.61. The van der Waals surface area contributed by atoms with Crippen molar-refractivity contribution < 1.29 is 23.2 Å². The SMILES string of the molecule is O=C(O)c1ccccc1NS(=O)(=O)c1cc([N+](=O)[O-])ccc1NN=Cc1ccc2ccccc2c1. The molecule has 0 fully saturated rings. The van der Waals surface area contributed by atoms with Gasteiger partial charge < -0.3 is 5.11 Å². The molecule has 0 aliphatic carbocycles. The fourth-order valence-electron chi connectivity index (χ4n) is 3.36. The average Bonchev–Trinajstić information content (AvgIpc) is 2.84. The number of nitro groups is 1. The first-order valence-electron chi connectivity index (χ1n) is 10.2. The van der Waals surface area contributed by atoms with E-state index in [-0.39, 0.29) is 16.9 Å². The van der Waals surface area contributed by atoms with E-state index >= 15 is 0 Å². The summed E-state index contributed by atoms with van der Waals surface area (Å²) in [5.74, 6) is -1.33. The number of nitro benzene ring substituents is 1. The van der Waals surface area contributed by atoms with E-state index < -0.39 is 31.5 Å². The summed E-state index contributed by atoms with van der Waals surface area (Å²) in [6.45, 7) is 0. The first kappa shape index (κ1) is 23.4. The Balaban J connectivity index is 1.67. The highest BCUT2D eigenvalue weighted by Gasteiger charge is 2.24. The van der Waals surface area contributed by atoms with Gasteiger partial charge in [0.25, 0.3) is 15.7 Å². The Labute approximate surface area is 199 Å². The van der Waals surface area contributed by atoms with Crippen molar-refractivity contribution in [2.45, 2.75) is 4.90 Å². The van der Waals surface area contributed by atoms with Gasteiger partial charge in [-0.3, -0.25) is 20.3 Å². The zero-order valence-electron chi connectivity index (χ0n) is 18.0. The molecule has 0 aliphatic rings. The summed E-state index contributed by atoms with van der Waals surface area (Å²) in [7, 11) is -4.43. The average molecular weight is 490 g/mol. The second-order valence-corrected chi connectivity index (χ2v) is 9.02. The number of sulfonamides is 1. The van der Waals surface area contributed by atoms with E-state index in [4.69, 9.17) is 0 Å². The van der Waals surface area contributed by atoms with Gasteiger partial charge in [0.15, 0.2) is 0 Å². The Morgan fingerprint density at radius 3 is 2.37 bits per heavy atom. The van der Waals surface area contributed by atoms with E-state index in [1.165, 1.54) is 36.5 Å². The number of carboxylic acids is 1. The molecule has 4 rings (SSSR count). The molecule has 11 heteroatoms. The zero-order valence-corrected chi connectivity index (χ0v) is 18.8. The third-order valence-electron chi connectivity index (χ3n) is 5.04. The van der Waals surface area contributed by atoms with Crippen LogP contribution >= 0.6 is 0 Å². The maximum atomic E-state index is 13.1. The van der Waals surface area contributed by atoms with Crippen LogP contribution in [0.3, 0.4) is 0 Å². The molecule has 0 saturated carbocycles. The Kier molecular flexibility index (Phi) is 6.42. The highest BCUT2D eigenvalue weighted by atomic mass is 32.2. The second-order valence-electron chi connectivity index (χ2n) is 7.37. The van der Waals surface area contributed by atoms with Crippen LogP contribution in [-0.4, -0.2) is 30.6 Å². The number of hydrogen-bond acceptors (Lipinski definition) is 7. The Bertz CT molecular complexity index is 1580. The number of fused-ring (bicyclic) bond motifs is 1. The van der Waals surface area contributed by atoms with Crippen molar-refractivity contribution in [3.8, 4) is 0 Å². The lowest BCUT2D eigenvalue weighted by atomic mass is 10.1. The molecule has 0 spiro atoms. The van der Waals surface area contributed by atoms with Crippen molar-refractivity contribution in [1.29, 1.82) is 0 Å². The van der Waals surface area contributed by atoms with Gasteiger partial charge in [-0.15, -0.1) is 0 Å². The highest BCUT2D eigenvalue weighted by molar-refractivity contribution is 7.93. The molecule has 35 heavy (non-hydrogen) atoms. The number of benzene rings is 4. The zero-order chi connectivity index (χ0) is 25.0. The van der Waals surface area contributed by atoms with Gasteiger partial charge in [-0.25, -0.2) is 13.2 Å². The van der Waals surface area contributed by atoms with Crippen LogP contribution in [0, 0.1) is 10.1 Å². The lowest BCUT2D eigenvalue weighted by molar-refractivity contribution is -0.385. The molecule has 0 saturated heterocycles. The number of hydrazone groups is 1. The Morgan fingerprint density at radius 2 is 1.63 bits per heavy atom. The molecule has 0 bridgehead atoms. The molecule has 0 amide bonds. The molecule has 0 heterocycles. The number of aromatic carboxylic acids is 1. The number of carboxylic acid groups (broad SMARTS) is 1. The molecule has 176 valence electrons. The number of para-hydroxylation sites is 1. The van der Waals surface area contributed by atoms with Crippen molar-refractivity contribution in [2.24, 2.45) is 5.10 Å². The van der Waals surface area contributed by atoms with E-state index in [0.717, 1.165) is 28.5 Å². The monoisotopic (exact) mass is 490 g/mol. The van der Waals surface area contributed by atoms with E-state index in [9.17, 15) is 28.4 Å². The number of carbonyl (C=O) groups is 1. The number of hydrogen-bond donors (Lipinski definition) is 3. The van der Waals surface area contributed by atoms with E-state index in [1.54, 1.807) is 0 Å². The number of non-ortho nitro benzene ring substituents is 1. The van der Waals surface area contributed by atoms with Crippen LogP contribution in [-0.2, 0) is 10.0 Å². The quantitative estimate of drug-likeness (QED) is 0.184. The van der Waals surface area contributed by atoms with Gasteiger partial charge in [-0.05, 0) is 40.6 Å². The van der Waals surface area contributed by atoms with Crippen molar-refractivity contribution in [3.63, 3.8) is 0 Å². The van der Waals surface area contributed by atoms with E-state index in [1.807, 2.05) is 42.5 Å². The molecule has 0 atom stereocenters. The molecule has 3 N–H and O–H groups in total. The van der Waals surface area contributed by atoms with E-state index in [0.29, 0.717) is 0 Å². The van der Waals surface area contributed by atoms with Crippen molar-refractivity contribution in [2.75, 3.05) is 10.1 Å². The molecule has 0 radical (unpaired) electrons. The standard InChI is InChI=1S/C24H18N4O6S/c29-24(30)20-7-3-4-8-21(20)27-35(33,34)23-14-19(28(31)32)11-12-22(23)26-25-15-16-9-10-17-5-1-2-6-18(17)13-16/h1-15,26-27H,(H,29,30). The van der Waals surface area contributed by atoms with Crippen LogP contribution in [0.25, 0.3) is 10.8 Å². The van der Waals surface area contributed by atoms with Crippen molar-refractivity contribution >= 4 is 50.0 Å². The summed E-state index contributed by atoms with van der Waals surface area (Å²) in [6.07, 6.45) is 1.48. The van der Waals surface area contributed by atoms with Crippen LogP contribution < -0.4 is 10.1 Å². The topological polar surface area (TPSA) is 151 Å². The number of anilines is 2. The maximum absolute atomic E-state index is 13.1. The first-order valence-corrected chi connectivity index (χ1v) is 11.6. The number of rotatable bonds is 8. The van der Waals surface area contributed by atoms with Gasteiger partial charge >= 0.3 is 5.97 Å². The molecular weight excluding hydrogens is 472 g/mol. The minimum atomic E-state index is -4.43. The van der Waals surface area contributed by atoms with Gasteiger partial charge in [0, 0.05) is 12.1 Å². The molecule has 10 nitrogen and oxygen atoms in total. The van der Waals surface area contributed by atoms with E-state index in [2.05, 4.69) is 15.2 Å². The van der Waals surface area contributed by atoms with Crippen LogP contribution in [0.4, 0.5) is 17.1 Å². The minimum absolute atomic E-state index is 0.0343. The molecular formula is C24H18N4O6S. The van der Waals surface area contributed by atoms with Gasteiger partial charge in [0.2, 0.25) is 0 Å². The summed E-state index contributed by atoms with van der Waals surface area (Å²) >= 11 is 0. The summed E-state index contributed by atoms with van der Waals surface area (Å²) in [6, 6.07) is 22.1. The lowest BCUT2D eigenvalue weighted by Gasteiger charge is -2.13. The summed E-state index contributed by atoms with van der Waals surface area (Å²) < 4.78 is 28.5. The molecule has 0 aromatic heterocycles. The summed E-state index contributed by atoms with van der Waals surface area (Å²) in [5, 5.41) is 26.7. The van der Waals surface area contributed by atoms with Crippen molar-refractivity contribution in [1.82, 2.24) is 0 Å². The Hall–Kier alpha value is -4.77. The predicted molar refractivity (Wildman–Crippen MR) is 132 cm³/mol. The normalized spacial score (nSPS) is 11.4. The van der Waals surface area contributed by atoms with Crippen molar-refractivity contribution in [3.05, 3.63) is 106 Å². The van der Waals surface area contributed by atoms with Gasteiger partial charge in [-0.2, -0.15) is 5.10 Å². The minimum Gasteiger partial charge on any atom is -0.478 e.